The zero-order chi connectivity index (χ0) is 23.1. The quantitative estimate of drug-likeness (QED) is 0.389. The van der Waals surface area contributed by atoms with Crippen molar-refractivity contribution in [3.05, 3.63) is 58.9 Å². The van der Waals surface area contributed by atoms with Crippen LogP contribution in [0.2, 0.25) is 5.02 Å². The standard InChI is InChI=1S/C24H22ClN5O3/c1-12-11-27-24(31)18-19(12)30-21(22(18)28-16-6-4-5-14(25)23(16)33-3)13-9-10-26-15-7-8-17(32-2)29-20(13)15/h4-10,12,28,30H,11H2,1-3H3,(H,27,31)/t12-/m0/s1. The smallest absolute Gasteiger partial charge is 0.255 e. The van der Waals surface area contributed by atoms with Crippen molar-refractivity contribution in [3.8, 4) is 22.9 Å². The van der Waals surface area contributed by atoms with E-state index in [1.807, 2.05) is 24.3 Å². The summed E-state index contributed by atoms with van der Waals surface area (Å²) in [4.78, 5) is 25.6. The van der Waals surface area contributed by atoms with Crippen LogP contribution in [-0.4, -0.2) is 41.6 Å². The topological polar surface area (TPSA) is 101 Å². The number of H-pyrrole nitrogens is 1. The van der Waals surface area contributed by atoms with E-state index < -0.39 is 0 Å². The fourth-order valence-electron chi connectivity index (χ4n) is 4.16. The van der Waals surface area contributed by atoms with E-state index in [0.717, 1.165) is 17.0 Å². The average Bonchev–Trinajstić information content (AvgIpc) is 3.21. The van der Waals surface area contributed by atoms with Gasteiger partial charge >= 0.3 is 0 Å². The van der Waals surface area contributed by atoms with Crippen molar-refractivity contribution in [2.75, 3.05) is 26.1 Å². The lowest BCUT2D eigenvalue weighted by Gasteiger charge is -2.20. The number of amides is 1. The summed E-state index contributed by atoms with van der Waals surface area (Å²) in [5.41, 5.74) is 5.55. The molecule has 1 amide bonds. The number of carbonyl (C=O) groups excluding carboxylic acids is 1. The van der Waals surface area contributed by atoms with Gasteiger partial charge in [0.1, 0.15) is 5.52 Å². The summed E-state index contributed by atoms with van der Waals surface area (Å²) in [6.07, 6.45) is 1.72. The second-order valence-corrected chi connectivity index (χ2v) is 8.21. The molecule has 5 rings (SSSR count). The maximum Gasteiger partial charge on any atom is 0.255 e. The maximum absolute atomic E-state index is 13.0. The normalized spacial score (nSPS) is 15.2. The van der Waals surface area contributed by atoms with Gasteiger partial charge in [0.2, 0.25) is 5.88 Å². The SMILES string of the molecule is COc1ccc2nccc(-c3[nH]c4c(c3Nc3cccc(Cl)c3OC)C(=O)NC[C@@H]4C)c2n1. The fourth-order valence-corrected chi connectivity index (χ4v) is 4.41. The second-order valence-electron chi connectivity index (χ2n) is 7.80. The molecular formula is C24H22ClN5O3. The number of para-hydroxylation sites is 1. The number of nitrogens with zero attached hydrogens (tertiary/aromatic N) is 2. The molecule has 168 valence electrons. The largest absolute Gasteiger partial charge is 0.493 e. The molecular weight excluding hydrogens is 442 g/mol. The predicted molar refractivity (Wildman–Crippen MR) is 128 cm³/mol. The fraction of sp³-hybridized carbons (Fsp3) is 0.208. The van der Waals surface area contributed by atoms with Crippen LogP contribution in [0.4, 0.5) is 11.4 Å². The number of halogens is 1. The summed E-state index contributed by atoms with van der Waals surface area (Å²) in [5.74, 6) is 0.913. The van der Waals surface area contributed by atoms with Gasteiger partial charge in [-0.05, 0) is 24.3 Å². The highest BCUT2D eigenvalue weighted by molar-refractivity contribution is 6.32. The second kappa shape index (κ2) is 8.29. The summed E-state index contributed by atoms with van der Waals surface area (Å²) in [6, 6.07) is 10.9. The highest BCUT2D eigenvalue weighted by Gasteiger charge is 2.31. The third-order valence-corrected chi connectivity index (χ3v) is 6.08. The van der Waals surface area contributed by atoms with Crippen LogP contribution >= 0.6 is 11.6 Å². The number of benzene rings is 1. The lowest BCUT2D eigenvalue weighted by atomic mass is 9.98. The number of methoxy groups -OCH3 is 2. The number of aromatic amines is 1. The van der Waals surface area contributed by atoms with Crippen molar-refractivity contribution in [1.29, 1.82) is 0 Å². The van der Waals surface area contributed by atoms with Crippen LogP contribution in [0.15, 0.2) is 42.6 Å². The number of nitrogens with one attached hydrogen (secondary N) is 3. The van der Waals surface area contributed by atoms with E-state index in [-0.39, 0.29) is 11.8 Å². The molecule has 1 aliphatic rings. The van der Waals surface area contributed by atoms with Crippen LogP contribution in [0.1, 0.15) is 28.9 Å². The third-order valence-electron chi connectivity index (χ3n) is 5.79. The Balaban J connectivity index is 1.78. The molecule has 0 unspecified atom stereocenters. The van der Waals surface area contributed by atoms with E-state index in [0.29, 0.717) is 51.2 Å². The number of hydrogen-bond acceptors (Lipinski definition) is 6. The molecule has 4 heterocycles. The number of pyridine rings is 2. The minimum absolute atomic E-state index is 0.101. The monoisotopic (exact) mass is 463 g/mol. The van der Waals surface area contributed by atoms with Crippen LogP contribution in [0.3, 0.4) is 0 Å². The van der Waals surface area contributed by atoms with Crippen molar-refractivity contribution in [2.45, 2.75) is 12.8 Å². The molecule has 0 bridgehead atoms. The van der Waals surface area contributed by atoms with Crippen LogP contribution in [-0.2, 0) is 0 Å². The molecule has 9 heteroatoms. The number of hydrogen-bond donors (Lipinski definition) is 3. The van der Waals surface area contributed by atoms with Gasteiger partial charge in [0, 0.05) is 36.0 Å². The Hall–Kier alpha value is -3.78. The number of aromatic nitrogens is 3. The minimum Gasteiger partial charge on any atom is -0.493 e. The lowest BCUT2D eigenvalue weighted by Crippen LogP contribution is -2.33. The number of fused-ring (bicyclic) bond motifs is 2. The Morgan fingerprint density at radius 3 is 2.79 bits per heavy atom. The van der Waals surface area contributed by atoms with E-state index in [1.165, 1.54) is 0 Å². The summed E-state index contributed by atoms with van der Waals surface area (Å²) in [5, 5.41) is 6.84. The van der Waals surface area contributed by atoms with Gasteiger partial charge < -0.3 is 25.1 Å². The first-order valence-corrected chi connectivity index (χ1v) is 10.8. The number of ether oxygens (including phenoxy) is 2. The van der Waals surface area contributed by atoms with Crippen molar-refractivity contribution in [3.63, 3.8) is 0 Å². The first-order chi connectivity index (χ1) is 16.0. The molecule has 4 aromatic rings. The molecule has 3 N–H and O–H groups in total. The molecule has 1 aliphatic heterocycles. The van der Waals surface area contributed by atoms with Crippen molar-refractivity contribution < 1.29 is 14.3 Å². The molecule has 0 saturated heterocycles. The third kappa shape index (κ3) is 3.52. The zero-order valence-electron chi connectivity index (χ0n) is 18.3. The molecule has 0 fully saturated rings. The number of rotatable bonds is 5. The predicted octanol–water partition coefficient (Wildman–Crippen LogP) is 4.89. The van der Waals surface area contributed by atoms with Crippen molar-refractivity contribution >= 4 is 39.9 Å². The molecule has 3 aromatic heterocycles. The minimum atomic E-state index is -0.155. The molecule has 1 atom stereocenters. The first-order valence-electron chi connectivity index (χ1n) is 10.5. The summed E-state index contributed by atoms with van der Waals surface area (Å²) < 4.78 is 10.9. The first kappa shape index (κ1) is 21.1. The van der Waals surface area contributed by atoms with Gasteiger partial charge in [-0.15, -0.1) is 0 Å². The van der Waals surface area contributed by atoms with Gasteiger partial charge in [0.25, 0.3) is 5.91 Å². The maximum atomic E-state index is 13.0. The lowest BCUT2D eigenvalue weighted by molar-refractivity contribution is 0.0942. The van der Waals surface area contributed by atoms with Crippen LogP contribution < -0.4 is 20.1 Å². The summed E-state index contributed by atoms with van der Waals surface area (Å²) in [6.45, 7) is 2.61. The van der Waals surface area contributed by atoms with Crippen molar-refractivity contribution in [2.24, 2.45) is 0 Å². The van der Waals surface area contributed by atoms with Crippen LogP contribution in [0, 0.1) is 0 Å². The Morgan fingerprint density at radius 1 is 1.15 bits per heavy atom. The average molecular weight is 464 g/mol. The van der Waals surface area contributed by atoms with E-state index in [4.69, 9.17) is 21.1 Å². The van der Waals surface area contributed by atoms with Gasteiger partial charge in [-0.3, -0.25) is 9.78 Å². The van der Waals surface area contributed by atoms with Crippen LogP contribution in [0.5, 0.6) is 11.6 Å². The Kier molecular flexibility index (Phi) is 5.30. The van der Waals surface area contributed by atoms with E-state index in [2.05, 4.69) is 32.5 Å². The summed E-state index contributed by atoms with van der Waals surface area (Å²) >= 11 is 6.35. The highest BCUT2D eigenvalue weighted by atomic mass is 35.5. The van der Waals surface area contributed by atoms with Crippen molar-refractivity contribution in [1.82, 2.24) is 20.3 Å². The molecule has 0 spiro atoms. The summed E-state index contributed by atoms with van der Waals surface area (Å²) in [7, 11) is 3.13. The molecule has 1 aromatic carbocycles. The van der Waals surface area contributed by atoms with Crippen LogP contribution in [0.25, 0.3) is 22.3 Å². The zero-order valence-corrected chi connectivity index (χ0v) is 19.1. The molecule has 0 saturated carbocycles. The van der Waals surface area contributed by atoms with E-state index in [1.54, 1.807) is 32.5 Å². The number of carbonyl (C=O) groups is 1. The van der Waals surface area contributed by atoms with E-state index >= 15 is 0 Å². The highest BCUT2D eigenvalue weighted by Crippen LogP contribution is 2.43. The van der Waals surface area contributed by atoms with Gasteiger partial charge in [-0.25, -0.2) is 4.98 Å². The molecule has 8 nitrogen and oxygen atoms in total. The van der Waals surface area contributed by atoms with Gasteiger partial charge in [0.05, 0.1) is 47.4 Å². The Morgan fingerprint density at radius 2 is 2.00 bits per heavy atom. The Labute approximate surface area is 195 Å². The van der Waals surface area contributed by atoms with Gasteiger partial charge in [-0.1, -0.05) is 24.6 Å². The van der Waals surface area contributed by atoms with Gasteiger partial charge in [0.15, 0.2) is 5.75 Å². The number of anilines is 2. The molecule has 0 aliphatic carbocycles. The molecule has 0 radical (unpaired) electrons. The Bertz CT molecular complexity index is 1380. The van der Waals surface area contributed by atoms with Gasteiger partial charge in [-0.2, -0.15) is 0 Å². The molecule has 33 heavy (non-hydrogen) atoms. The van der Waals surface area contributed by atoms with E-state index in [9.17, 15) is 4.79 Å².